The van der Waals surface area contributed by atoms with E-state index in [-0.39, 0.29) is 11.0 Å². The summed E-state index contributed by atoms with van der Waals surface area (Å²) in [6, 6.07) is 2.60. The van der Waals surface area contributed by atoms with E-state index in [1.54, 1.807) is 0 Å². The van der Waals surface area contributed by atoms with E-state index in [4.69, 9.17) is 0 Å². The van der Waals surface area contributed by atoms with E-state index in [0.717, 1.165) is 19.5 Å². The van der Waals surface area contributed by atoms with Gasteiger partial charge in [-0.1, -0.05) is 27.7 Å². The summed E-state index contributed by atoms with van der Waals surface area (Å²) in [4.78, 5) is 2.33. The van der Waals surface area contributed by atoms with Crippen molar-refractivity contribution in [1.82, 2.24) is 4.90 Å². The Morgan fingerprint density at radius 1 is 1.21 bits per heavy atom. The first-order valence-electron chi connectivity index (χ1n) is 5.70. The highest BCUT2D eigenvalue weighted by Crippen LogP contribution is 2.49. The van der Waals surface area contributed by atoms with Crippen LogP contribution in [0.25, 0.3) is 0 Å². The average molecular weight is 194 g/mol. The number of hydrogen-bond donors (Lipinski definition) is 0. The largest absolute Gasteiger partial charge is 0.286 e. The van der Waals surface area contributed by atoms with Crippen molar-refractivity contribution in [2.45, 2.75) is 52.5 Å². The number of hydrogen-bond acceptors (Lipinski definition) is 2. The molecule has 0 saturated heterocycles. The molecular weight excluding hydrogens is 172 g/mol. The van der Waals surface area contributed by atoms with Crippen LogP contribution < -0.4 is 0 Å². The molecule has 1 fully saturated rings. The highest BCUT2D eigenvalue weighted by molar-refractivity contribution is 5.18. The van der Waals surface area contributed by atoms with Crippen LogP contribution in [0.5, 0.6) is 0 Å². The van der Waals surface area contributed by atoms with Crippen molar-refractivity contribution < 1.29 is 0 Å². The Hall–Kier alpha value is -0.550. The molecule has 0 bridgehead atoms. The van der Waals surface area contributed by atoms with Crippen LogP contribution in [-0.4, -0.2) is 23.5 Å². The fraction of sp³-hybridized carbons (Fsp3) is 0.917. The second kappa shape index (κ2) is 3.90. The first-order chi connectivity index (χ1) is 6.54. The van der Waals surface area contributed by atoms with Crippen molar-refractivity contribution in [3.63, 3.8) is 0 Å². The molecule has 1 saturated carbocycles. The summed E-state index contributed by atoms with van der Waals surface area (Å²) in [6.07, 6.45) is 3.41. The number of nitriles is 1. The molecule has 1 aliphatic carbocycles. The van der Waals surface area contributed by atoms with Crippen molar-refractivity contribution >= 4 is 0 Å². The van der Waals surface area contributed by atoms with Gasteiger partial charge in [0.1, 0.15) is 5.54 Å². The van der Waals surface area contributed by atoms with Gasteiger partial charge in [-0.25, -0.2) is 0 Å². The number of nitrogens with zero attached hydrogens (tertiary/aromatic N) is 2. The Labute approximate surface area is 87.9 Å². The molecule has 0 aromatic carbocycles. The second-order valence-corrected chi connectivity index (χ2v) is 4.88. The molecule has 0 spiro atoms. The summed E-state index contributed by atoms with van der Waals surface area (Å²) in [6.45, 7) is 10.7. The lowest BCUT2D eigenvalue weighted by Crippen LogP contribution is -2.54. The van der Waals surface area contributed by atoms with Crippen molar-refractivity contribution in [2.75, 3.05) is 13.1 Å². The first kappa shape index (κ1) is 11.5. The molecule has 14 heavy (non-hydrogen) atoms. The Kier molecular flexibility index (Phi) is 3.21. The first-order valence-corrected chi connectivity index (χ1v) is 5.70. The van der Waals surface area contributed by atoms with E-state index in [0.29, 0.717) is 0 Å². The third-order valence-corrected chi connectivity index (χ3v) is 3.95. The fourth-order valence-corrected chi connectivity index (χ4v) is 2.96. The molecule has 1 atom stereocenters. The van der Waals surface area contributed by atoms with Gasteiger partial charge in [0.05, 0.1) is 6.07 Å². The summed E-state index contributed by atoms with van der Waals surface area (Å²) < 4.78 is 0. The van der Waals surface area contributed by atoms with Gasteiger partial charge in [0.25, 0.3) is 0 Å². The molecule has 0 aromatic heterocycles. The summed E-state index contributed by atoms with van der Waals surface area (Å²) >= 11 is 0. The summed E-state index contributed by atoms with van der Waals surface area (Å²) in [7, 11) is 0. The van der Waals surface area contributed by atoms with Crippen molar-refractivity contribution in [3.05, 3.63) is 0 Å². The molecule has 80 valence electrons. The van der Waals surface area contributed by atoms with Crippen LogP contribution in [0.1, 0.15) is 47.0 Å². The minimum atomic E-state index is -0.212. The van der Waals surface area contributed by atoms with Gasteiger partial charge in [0.15, 0.2) is 0 Å². The normalized spacial score (nSPS) is 30.6. The summed E-state index contributed by atoms with van der Waals surface area (Å²) in [5.41, 5.74) is -0.0652. The minimum absolute atomic E-state index is 0.147. The Bertz CT molecular complexity index is 235. The second-order valence-electron chi connectivity index (χ2n) is 4.88. The van der Waals surface area contributed by atoms with Gasteiger partial charge in [0, 0.05) is 0 Å². The molecule has 1 unspecified atom stereocenters. The van der Waals surface area contributed by atoms with E-state index >= 15 is 0 Å². The van der Waals surface area contributed by atoms with Crippen LogP contribution in [0.3, 0.4) is 0 Å². The SMILES string of the molecule is CCN(CC)C1(C#N)CCCC1(C)C. The maximum absolute atomic E-state index is 9.49. The lowest BCUT2D eigenvalue weighted by atomic mass is 9.74. The topological polar surface area (TPSA) is 27.0 Å². The Morgan fingerprint density at radius 3 is 2.07 bits per heavy atom. The summed E-state index contributed by atoms with van der Waals surface area (Å²) in [5.74, 6) is 0. The van der Waals surface area contributed by atoms with Crippen LogP contribution in [0.15, 0.2) is 0 Å². The number of rotatable bonds is 3. The molecule has 2 nitrogen and oxygen atoms in total. The molecular formula is C12H22N2. The van der Waals surface area contributed by atoms with Gasteiger partial charge in [-0.15, -0.1) is 0 Å². The van der Waals surface area contributed by atoms with Gasteiger partial charge in [0.2, 0.25) is 0 Å². The summed E-state index contributed by atoms with van der Waals surface area (Å²) in [5, 5.41) is 9.49. The van der Waals surface area contributed by atoms with Gasteiger partial charge in [-0.05, 0) is 37.8 Å². The average Bonchev–Trinajstić information content (AvgIpc) is 2.45. The van der Waals surface area contributed by atoms with Gasteiger partial charge in [-0.2, -0.15) is 5.26 Å². The maximum atomic E-state index is 9.49. The molecule has 0 aromatic rings. The molecule has 1 rings (SSSR count). The Morgan fingerprint density at radius 2 is 1.79 bits per heavy atom. The zero-order valence-corrected chi connectivity index (χ0v) is 9.93. The lowest BCUT2D eigenvalue weighted by Gasteiger charge is -2.44. The van der Waals surface area contributed by atoms with Gasteiger partial charge in [-0.3, -0.25) is 4.90 Å². The molecule has 0 aliphatic heterocycles. The van der Waals surface area contributed by atoms with Crippen molar-refractivity contribution in [3.8, 4) is 6.07 Å². The smallest absolute Gasteiger partial charge is 0.114 e. The molecule has 0 N–H and O–H groups in total. The van der Waals surface area contributed by atoms with E-state index in [9.17, 15) is 5.26 Å². The fourth-order valence-electron chi connectivity index (χ4n) is 2.96. The molecule has 0 amide bonds. The van der Waals surface area contributed by atoms with E-state index in [1.165, 1.54) is 12.8 Å². The van der Waals surface area contributed by atoms with Crippen molar-refractivity contribution in [2.24, 2.45) is 5.41 Å². The molecule has 2 heteroatoms. The van der Waals surface area contributed by atoms with E-state index in [2.05, 4.69) is 38.7 Å². The molecule has 0 radical (unpaired) electrons. The maximum Gasteiger partial charge on any atom is 0.114 e. The minimum Gasteiger partial charge on any atom is -0.286 e. The standard InChI is InChI=1S/C12H22N2/c1-5-14(6-2)12(10-13)9-7-8-11(12,3)4/h5-9H2,1-4H3. The van der Waals surface area contributed by atoms with Gasteiger partial charge < -0.3 is 0 Å². The lowest BCUT2D eigenvalue weighted by molar-refractivity contribution is 0.0622. The zero-order valence-electron chi connectivity index (χ0n) is 9.93. The van der Waals surface area contributed by atoms with E-state index < -0.39 is 0 Å². The van der Waals surface area contributed by atoms with Gasteiger partial charge >= 0.3 is 0 Å². The van der Waals surface area contributed by atoms with Crippen LogP contribution >= 0.6 is 0 Å². The predicted octanol–water partition coefficient (Wildman–Crippen LogP) is 2.80. The third kappa shape index (κ3) is 1.44. The third-order valence-electron chi connectivity index (χ3n) is 3.95. The molecule has 0 heterocycles. The van der Waals surface area contributed by atoms with Crippen LogP contribution in [0, 0.1) is 16.7 Å². The van der Waals surface area contributed by atoms with Crippen LogP contribution in [0.4, 0.5) is 0 Å². The molecule has 1 aliphatic rings. The van der Waals surface area contributed by atoms with Crippen LogP contribution in [-0.2, 0) is 0 Å². The zero-order chi connectivity index (χ0) is 10.8. The monoisotopic (exact) mass is 194 g/mol. The highest BCUT2D eigenvalue weighted by atomic mass is 15.2. The Balaban J connectivity index is 3.03. The van der Waals surface area contributed by atoms with Crippen LogP contribution in [0.2, 0.25) is 0 Å². The predicted molar refractivity (Wildman–Crippen MR) is 58.9 cm³/mol. The quantitative estimate of drug-likeness (QED) is 0.690. The van der Waals surface area contributed by atoms with Crippen molar-refractivity contribution in [1.29, 1.82) is 5.26 Å². The van der Waals surface area contributed by atoms with E-state index in [1.807, 2.05) is 0 Å². The highest BCUT2D eigenvalue weighted by Gasteiger charge is 2.52.